The minimum atomic E-state index is -3.63. The highest BCUT2D eigenvalue weighted by atomic mass is 32.2. The van der Waals surface area contributed by atoms with Gasteiger partial charge in [0.1, 0.15) is 4.90 Å². The molecule has 1 aliphatic carbocycles. The summed E-state index contributed by atoms with van der Waals surface area (Å²) < 4.78 is 23.3. The van der Waals surface area contributed by atoms with E-state index in [-0.39, 0.29) is 10.6 Å². The first kappa shape index (κ1) is 14.8. The Hall–Kier alpha value is -1.63. The van der Waals surface area contributed by atoms with Crippen molar-refractivity contribution in [2.75, 3.05) is 11.6 Å². The van der Waals surface area contributed by atoms with Crippen molar-refractivity contribution in [3.05, 3.63) is 28.3 Å². The lowest BCUT2D eigenvalue weighted by molar-refractivity contribution is -0.387. The van der Waals surface area contributed by atoms with Crippen LogP contribution in [0.2, 0.25) is 0 Å². The van der Waals surface area contributed by atoms with Crippen LogP contribution in [0, 0.1) is 16.0 Å². The molecule has 2 atom stereocenters. The quantitative estimate of drug-likeness (QED) is 0.681. The summed E-state index contributed by atoms with van der Waals surface area (Å²) in [6.07, 6.45) is 4.19. The number of nitrogens with one attached hydrogen (secondary N) is 1. The Morgan fingerprint density at radius 3 is 2.55 bits per heavy atom. The molecular weight excluding hydrogens is 280 g/mol. The van der Waals surface area contributed by atoms with E-state index in [0.717, 1.165) is 25.5 Å². The molecule has 7 heteroatoms. The second kappa shape index (κ2) is 5.40. The fraction of sp³-hybridized carbons (Fsp3) is 0.538. The number of rotatable bonds is 4. The predicted octanol–water partition coefficient (Wildman–Crippen LogP) is 2.60. The minimum Gasteiger partial charge on any atom is -0.382 e. The van der Waals surface area contributed by atoms with Gasteiger partial charge in [0, 0.05) is 24.1 Å². The lowest BCUT2D eigenvalue weighted by atomic mass is 10.1. The Morgan fingerprint density at radius 2 is 2.05 bits per heavy atom. The molecular formula is C13H18N2O4S. The first-order chi connectivity index (χ1) is 9.27. The smallest absolute Gasteiger partial charge is 0.288 e. The van der Waals surface area contributed by atoms with Crippen molar-refractivity contribution in [1.29, 1.82) is 0 Å². The molecule has 0 spiro atoms. The van der Waals surface area contributed by atoms with E-state index in [1.54, 1.807) is 6.07 Å². The molecule has 1 saturated carbocycles. The van der Waals surface area contributed by atoms with Crippen molar-refractivity contribution in [3.8, 4) is 0 Å². The maximum absolute atomic E-state index is 11.7. The molecule has 0 bridgehead atoms. The van der Waals surface area contributed by atoms with E-state index in [1.165, 1.54) is 12.1 Å². The van der Waals surface area contributed by atoms with E-state index in [0.29, 0.717) is 17.6 Å². The van der Waals surface area contributed by atoms with Gasteiger partial charge >= 0.3 is 0 Å². The zero-order chi connectivity index (χ0) is 14.9. The van der Waals surface area contributed by atoms with Gasteiger partial charge in [0.2, 0.25) is 0 Å². The van der Waals surface area contributed by atoms with E-state index in [1.807, 2.05) is 0 Å². The van der Waals surface area contributed by atoms with Gasteiger partial charge in [-0.25, -0.2) is 8.42 Å². The van der Waals surface area contributed by atoms with Gasteiger partial charge in [-0.05, 0) is 37.3 Å². The van der Waals surface area contributed by atoms with E-state index >= 15 is 0 Å². The summed E-state index contributed by atoms with van der Waals surface area (Å²) in [6.45, 7) is 2.18. The predicted molar refractivity (Wildman–Crippen MR) is 76.6 cm³/mol. The third-order valence-corrected chi connectivity index (χ3v) is 4.75. The van der Waals surface area contributed by atoms with Crippen LogP contribution in [-0.2, 0) is 9.84 Å². The second-order valence-electron chi connectivity index (χ2n) is 5.47. The van der Waals surface area contributed by atoms with Gasteiger partial charge in [0.05, 0.1) is 4.92 Å². The molecule has 1 N–H and O–H groups in total. The van der Waals surface area contributed by atoms with Crippen LogP contribution in [0.15, 0.2) is 23.1 Å². The van der Waals surface area contributed by atoms with Gasteiger partial charge in [0.15, 0.2) is 9.84 Å². The fourth-order valence-corrected chi connectivity index (χ4v) is 3.49. The van der Waals surface area contributed by atoms with E-state index in [9.17, 15) is 18.5 Å². The van der Waals surface area contributed by atoms with Crippen LogP contribution in [0.5, 0.6) is 0 Å². The van der Waals surface area contributed by atoms with Crippen LogP contribution in [0.4, 0.5) is 11.4 Å². The van der Waals surface area contributed by atoms with E-state index in [4.69, 9.17) is 0 Å². The molecule has 1 aliphatic rings. The van der Waals surface area contributed by atoms with Gasteiger partial charge in [-0.1, -0.05) is 6.92 Å². The zero-order valence-electron chi connectivity index (χ0n) is 11.5. The molecule has 1 aromatic rings. The molecule has 1 aromatic carbocycles. The summed E-state index contributed by atoms with van der Waals surface area (Å²) in [5, 5.41) is 14.2. The monoisotopic (exact) mass is 298 g/mol. The van der Waals surface area contributed by atoms with Crippen LogP contribution < -0.4 is 5.32 Å². The number of sulfone groups is 1. The largest absolute Gasteiger partial charge is 0.382 e. The Kier molecular flexibility index (Phi) is 3.99. The Morgan fingerprint density at radius 1 is 1.35 bits per heavy atom. The molecule has 0 saturated heterocycles. The summed E-state index contributed by atoms with van der Waals surface area (Å²) in [4.78, 5) is 9.98. The first-order valence-electron chi connectivity index (χ1n) is 6.52. The Balaban J connectivity index is 2.30. The normalized spacial score (nSPS) is 22.7. The molecule has 2 unspecified atom stereocenters. The van der Waals surface area contributed by atoms with Crippen molar-refractivity contribution < 1.29 is 13.3 Å². The van der Waals surface area contributed by atoms with Crippen LogP contribution in [0.3, 0.4) is 0 Å². The van der Waals surface area contributed by atoms with Gasteiger partial charge in [-0.15, -0.1) is 0 Å². The second-order valence-corrected chi connectivity index (χ2v) is 7.46. The molecule has 20 heavy (non-hydrogen) atoms. The Labute approximate surface area is 118 Å². The highest BCUT2D eigenvalue weighted by Gasteiger charge is 2.25. The molecule has 110 valence electrons. The SMILES string of the molecule is CC1CCC(Nc2ccc([N+](=O)[O-])c(S(C)(=O)=O)c2)C1. The molecule has 0 aromatic heterocycles. The maximum Gasteiger partial charge on any atom is 0.288 e. The average molecular weight is 298 g/mol. The number of nitro groups is 1. The molecule has 0 radical (unpaired) electrons. The lowest BCUT2D eigenvalue weighted by Gasteiger charge is -2.14. The van der Waals surface area contributed by atoms with E-state index < -0.39 is 14.8 Å². The third kappa shape index (κ3) is 3.27. The number of hydrogen-bond acceptors (Lipinski definition) is 5. The highest BCUT2D eigenvalue weighted by molar-refractivity contribution is 7.90. The summed E-state index contributed by atoms with van der Waals surface area (Å²) in [5.41, 5.74) is 0.243. The molecule has 6 nitrogen and oxygen atoms in total. The molecule has 1 fully saturated rings. The molecule has 0 aliphatic heterocycles. The summed E-state index contributed by atoms with van der Waals surface area (Å²) in [5.74, 6) is 0.653. The number of hydrogen-bond donors (Lipinski definition) is 1. The van der Waals surface area contributed by atoms with Crippen LogP contribution in [0.1, 0.15) is 26.2 Å². The van der Waals surface area contributed by atoms with Crippen LogP contribution >= 0.6 is 0 Å². The lowest BCUT2D eigenvalue weighted by Crippen LogP contribution is -2.15. The number of anilines is 1. The number of nitro benzene ring substituents is 1. The fourth-order valence-electron chi connectivity index (χ4n) is 2.63. The van der Waals surface area contributed by atoms with Gasteiger partial charge in [-0.3, -0.25) is 10.1 Å². The zero-order valence-corrected chi connectivity index (χ0v) is 12.3. The molecule has 2 rings (SSSR count). The van der Waals surface area contributed by atoms with Crippen molar-refractivity contribution in [3.63, 3.8) is 0 Å². The van der Waals surface area contributed by atoms with Gasteiger partial charge in [-0.2, -0.15) is 0 Å². The van der Waals surface area contributed by atoms with Crippen molar-refractivity contribution in [2.45, 2.75) is 37.1 Å². The van der Waals surface area contributed by atoms with E-state index in [2.05, 4.69) is 12.2 Å². The van der Waals surface area contributed by atoms with Crippen molar-refractivity contribution >= 4 is 21.2 Å². The molecule has 0 heterocycles. The number of nitrogens with zero attached hydrogens (tertiary/aromatic N) is 1. The van der Waals surface area contributed by atoms with Gasteiger partial charge < -0.3 is 5.32 Å². The standard InChI is InChI=1S/C13H18N2O4S/c1-9-3-4-10(7-9)14-11-5-6-12(15(16)17)13(8-11)20(2,18)19/h5-6,8-10,14H,3-4,7H2,1-2H3. The van der Waals surface area contributed by atoms with Crippen LogP contribution in [-0.4, -0.2) is 25.6 Å². The summed E-state index contributed by atoms with van der Waals surface area (Å²) in [7, 11) is -3.63. The summed E-state index contributed by atoms with van der Waals surface area (Å²) in [6, 6.07) is 4.47. The maximum atomic E-state index is 11.7. The van der Waals surface area contributed by atoms with Gasteiger partial charge in [0.25, 0.3) is 5.69 Å². The third-order valence-electron chi connectivity index (χ3n) is 3.62. The van der Waals surface area contributed by atoms with Crippen molar-refractivity contribution in [2.24, 2.45) is 5.92 Å². The highest BCUT2D eigenvalue weighted by Crippen LogP contribution is 2.31. The number of benzene rings is 1. The Bertz CT molecular complexity index is 627. The summed E-state index contributed by atoms with van der Waals surface area (Å²) >= 11 is 0. The van der Waals surface area contributed by atoms with Crippen molar-refractivity contribution in [1.82, 2.24) is 0 Å². The molecule has 0 amide bonds. The van der Waals surface area contributed by atoms with Crippen LogP contribution in [0.25, 0.3) is 0 Å². The minimum absolute atomic E-state index is 0.237. The topological polar surface area (TPSA) is 89.3 Å². The average Bonchev–Trinajstić information content (AvgIpc) is 2.73. The first-order valence-corrected chi connectivity index (χ1v) is 8.41.